The molecule has 2 aromatic rings. The van der Waals surface area contributed by atoms with Crippen LogP contribution in [0.2, 0.25) is 0 Å². The SMILES string of the molecule is CCN(CC)C(=O)c1ccccc1NC(=O)COc1ccc(CN(C)S(C)(=O)=O)cc1. The van der Waals surface area contributed by atoms with Crippen molar-refractivity contribution in [3.05, 3.63) is 59.7 Å². The summed E-state index contributed by atoms with van der Waals surface area (Å²) in [5.74, 6) is -0.0504. The number of nitrogens with one attached hydrogen (secondary N) is 1. The van der Waals surface area contributed by atoms with Gasteiger partial charge >= 0.3 is 0 Å². The smallest absolute Gasteiger partial charge is 0.262 e. The highest BCUT2D eigenvalue weighted by molar-refractivity contribution is 7.88. The Hall–Kier alpha value is -2.91. The van der Waals surface area contributed by atoms with E-state index in [4.69, 9.17) is 4.74 Å². The molecule has 0 unspecified atom stereocenters. The maximum absolute atomic E-state index is 12.7. The summed E-state index contributed by atoms with van der Waals surface area (Å²) >= 11 is 0. The Morgan fingerprint density at radius 2 is 1.61 bits per heavy atom. The number of sulfonamides is 1. The van der Waals surface area contributed by atoms with Gasteiger partial charge in [0.15, 0.2) is 6.61 Å². The van der Waals surface area contributed by atoms with Crippen LogP contribution < -0.4 is 10.1 Å². The van der Waals surface area contributed by atoms with E-state index in [1.54, 1.807) is 53.4 Å². The van der Waals surface area contributed by atoms with Crippen molar-refractivity contribution in [3.63, 3.8) is 0 Å². The van der Waals surface area contributed by atoms with Crippen molar-refractivity contribution in [3.8, 4) is 5.75 Å². The van der Waals surface area contributed by atoms with Crippen molar-refractivity contribution in [1.82, 2.24) is 9.21 Å². The predicted octanol–water partition coefficient (Wildman–Crippen LogP) is 2.58. The molecule has 2 aromatic carbocycles. The van der Waals surface area contributed by atoms with Gasteiger partial charge in [0.05, 0.1) is 17.5 Å². The summed E-state index contributed by atoms with van der Waals surface area (Å²) in [5.41, 5.74) is 1.67. The van der Waals surface area contributed by atoms with E-state index in [2.05, 4.69) is 5.32 Å². The van der Waals surface area contributed by atoms with Crippen LogP contribution in [0, 0.1) is 0 Å². The van der Waals surface area contributed by atoms with Gasteiger partial charge in [-0.2, -0.15) is 0 Å². The van der Waals surface area contributed by atoms with Crippen LogP contribution >= 0.6 is 0 Å². The number of carbonyl (C=O) groups excluding carboxylic acids is 2. The Bertz CT molecular complexity index is 1000. The second-order valence-corrected chi connectivity index (χ2v) is 9.11. The van der Waals surface area contributed by atoms with Gasteiger partial charge in [0.2, 0.25) is 10.0 Å². The molecule has 0 saturated heterocycles. The highest BCUT2D eigenvalue weighted by Gasteiger charge is 2.17. The van der Waals surface area contributed by atoms with E-state index in [1.807, 2.05) is 13.8 Å². The molecule has 168 valence electrons. The number of hydrogen-bond acceptors (Lipinski definition) is 5. The maximum atomic E-state index is 12.7. The number of rotatable bonds is 10. The Balaban J connectivity index is 1.97. The monoisotopic (exact) mass is 447 g/mol. The molecule has 0 spiro atoms. The summed E-state index contributed by atoms with van der Waals surface area (Å²) in [5, 5.41) is 2.73. The van der Waals surface area contributed by atoms with Crippen molar-refractivity contribution >= 4 is 27.5 Å². The first kappa shape index (κ1) is 24.4. The number of carbonyl (C=O) groups is 2. The molecule has 9 heteroatoms. The van der Waals surface area contributed by atoms with Gasteiger partial charge in [0, 0.05) is 26.7 Å². The van der Waals surface area contributed by atoms with Crippen LogP contribution in [0.4, 0.5) is 5.69 Å². The minimum Gasteiger partial charge on any atom is -0.484 e. The minimum absolute atomic E-state index is 0.142. The lowest BCUT2D eigenvalue weighted by Gasteiger charge is -2.20. The Kier molecular flexibility index (Phi) is 8.58. The molecule has 8 nitrogen and oxygen atoms in total. The lowest BCUT2D eigenvalue weighted by Crippen LogP contribution is -2.31. The van der Waals surface area contributed by atoms with Gasteiger partial charge < -0.3 is 15.0 Å². The van der Waals surface area contributed by atoms with E-state index >= 15 is 0 Å². The second kappa shape index (κ2) is 10.9. The molecule has 0 aliphatic rings. The second-order valence-electron chi connectivity index (χ2n) is 7.02. The molecular formula is C22H29N3O5S. The Labute approximate surface area is 183 Å². The largest absolute Gasteiger partial charge is 0.484 e. The molecule has 0 heterocycles. The van der Waals surface area contributed by atoms with Gasteiger partial charge in [-0.3, -0.25) is 9.59 Å². The molecule has 0 fully saturated rings. The van der Waals surface area contributed by atoms with Gasteiger partial charge in [-0.15, -0.1) is 0 Å². The average molecular weight is 448 g/mol. The standard InChI is InChI=1S/C22H29N3O5S/c1-5-25(6-2)22(27)19-9-7-8-10-20(19)23-21(26)16-30-18-13-11-17(12-14-18)15-24(3)31(4,28)29/h7-14H,5-6,15-16H2,1-4H3,(H,23,26). The van der Waals surface area contributed by atoms with E-state index in [9.17, 15) is 18.0 Å². The molecule has 31 heavy (non-hydrogen) atoms. The fraction of sp³-hybridized carbons (Fsp3) is 0.364. The van der Waals surface area contributed by atoms with Gasteiger partial charge in [0.25, 0.3) is 11.8 Å². The van der Waals surface area contributed by atoms with Crippen LogP contribution in [0.15, 0.2) is 48.5 Å². The molecule has 0 atom stereocenters. The van der Waals surface area contributed by atoms with Gasteiger partial charge in [-0.25, -0.2) is 12.7 Å². The fourth-order valence-electron chi connectivity index (χ4n) is 2.86. The van der Waals surface area contributed by atoms with Gasteiger partial charge in [0.1, 0.15) is 5.75 Å². The molecule has 1 N–H and O–H groups in total. The zero-order valence-electron chi connectivity index (χ0n) is 18.3. The van der Waals surface area contributed by atoms with Crippen molar-refractivity contribution in [2.24, 2.45) is 0 Å². The Morgan fingerprint density at radius 1 is 1.00 bits per heavy atom. The van der Waals surface area contributed by atoms with Crippen LogP contribution in [0.5, 0.6) is 5.75 Å². The van der Waals surface area contributed by atoms with Crippen molar-refractivity contribution in [2.75, 3.05) is 38.3 Å². The van der Waals surface area contributed by atoms with E-state index < -0.39 is 10.0 Å². The maximum Gasteiger partial charge on any atom is 0.262 e. The number of amides is 2. The first-order chi connectivity index (χ1) is 14.7. The third-order valence-corrected chi connectivity index (χ3v) is 6.01. The summed E-state index contributed by atoms with van der Waals surface area (Å²) in [4.78, 5) is 26.7. The first-order valence-electron chi connectivity index (χ1n) is 9.96. The van der Waals surface area contributed by atoms with Gasteiger partial charge in [-0.05, 0) is 43.7 Å². The van der Waals surface area contributed by atoms with Crippen LogP contribution in [0.1, 0.15) is 29.8 Å². The van der Waals surface area contributed by atoms with Crippen LogP contribution in [-0.4, -0.2) is 62.4 Å². The summed E-state index contributed by atoms with van der Waals surface area (Å²) in [6.45, 7) is 4.99. The normalized spacial score (nSPS) is 11.3. The zero-order chi connectivity index (χ0) is 23.0. The number of para-hydroxylation sites is 1. The summed E-state index contributed by atoms with van der Waals surface area (Å²) in [7, 11) is -1.75. The minimum atomic E-state index is -3.26. The summed E-state index contributed by atoms with van der Waals surface area (Å²) in [6.07, 6.45) is 1.15. The number of ether oxygens (including phenoxy) is 1. The van der Waals surface area contributed by atoms with Crippen LogP contribution in [0.25, 0.3) is 0 Å². The highest BCUT2D eigenvalue weighted by atomic mass is 32.2. The molecule has 0 bridgehead atoms. The van der Waals surface area contributed by atoms with Crippen molar-refractivity contribution in [2.45, 2.75) is 20.4 Å². The lowest BCUT2D eigenvalue weighted by atomic mass is 10.1. The topological polar surface area (TPSA) is 96.0 Å². The molecule has 0 radical (unpaired) electrons. The molecular weight excluding hydrogens is 418 g/mol. The van der Waals surface area contributed by atoms with Gasteiger partial charge in [-0.1, -0.05) is 24.3 Å². The zero-order valence-corrected chi connectivity index (χ0v) is 19.1. The molecule has 2 rings (SSSR count). The van der Waals surface area contributed by atoms with Crippen molar-refractivity contribution < 1.29 is 22.7 Å². The molecule has 0 aliphatic carbocycles. The number of anilines is 1. The average Bonchev–Trinajstić information content (AvgIpc) is 2.73. The predicted molar refractivity (Wildman–Crippen MR) is 121 cm³/mol. The van der Waals surface area contributed by atoms with E-state index in [-0.39, 0.29) is 25.0 Å². The fourth-order valence-corrected chi connectivity index (χ4v) is 3.24. The van der Waals surface area contributed by atoms with Crippen LogP contribution in [0.3, 0.4) is 0 Å². The first-order valence-corrected chi connectivity index (χ1v) is 11.8. The number of nitrogens with zero attached hydrogens (tertiary/aromatic N) is 2. The van der Waals surface area contributed by atoms with Crippen LogP contribution in [-0.2, 0) is 21.4 Å². The number of benzene rings is 2. The molecule has 0 saturated carbocycles. The number of hydrogen-bond donors (Lipinski definition) is 1. The third kappa shape index (κ3) is 7.08. The van der Waals surface area contributed by atoms with E-state index in [0.29, 0.717) is 30.1 Å². The molecule has 0 aliphatic heterocycles. The quantitative estimate of drug-likeness (QED) is 0.604. The summed E-state index contributed by atoms with van der Waals surface area (Å²) < 4.78 is 29.8. The third-order valence-electron chi connectivity index (χ3n) is 4.75. The Morgan fingerprint density at radius 3 is 2.19 bits per heavy atom. The molecule has 2 amide bonds. The van der Waals surface area contributed by atoms with E-state index in [1.165, 1.54) is 11.4 Å². The van der Waals surface area contributed by atoms with E-state index in [0.717, 1.165) is 11.8 Å². The highest BCUT2D eigenvalue weighted by Crippen LogP contribution is 2.18. The van der Waals surface area contributed by atoms with Crippen molar-refractivity contribution in [1.29, 1.82) is 0 Å². The molecule has 0 aromatic heterocycles. The lowest BCUT2D eigenvalue weighted by molar-refractivity contribution is -0.118. The summed E-state index contributed by atoms with van der Waals surface area (Å²) in [6, 6.07) is 13.7.